The number of nitrogens with zero attached hydrogens (tertiary/aromatic N) is 2. The van der Waals surface area contributed by atoms with Gasteiger partial charge in [0.2, 0.25) is 10.0 Å². The third-order valence-electron chi connectivity index (χ3n) is 4.57. The van der Waals surface area contributed by atoms with Gasteiger partial charge in [-0.05, 0) is 48.6 Å². The highest BCUT2D eigenvalue weighted by Crippen LogP contribution is 2.21. The first kappa shape index (κ1) is 19.3. The second-order valence-electron chi connectivity index (χ2n) is 6.43. The lowest BCUT2D eigenvalue weighted by molar-refractivity contribution is 0.0955. The molecule has 3 rings (SSSR count). The standard InChI is InChI=1S/C20H23N3O3S/c1-2-16-8-10-17(11-9-16)15-21-22-20(24)18-6-5-7-19(14-18)27(25,26)23-12-3-4-13-23/h5-11,14-15H,2-4,12-13H2,1H3,(H,22,24)/b21-15+. The summed E-state index contributed by atoms with van der Waals surface area (Å²) in [6.07, 6.45) is 4.26. The normalized spacial score (nSPS) is 15.3. The Morgan fingerprint density at radius 3 is 2.52 bits per heavy atom. The summed E-state index contributed by atoms with van der Waals surface area (Å²) >= 11 is 0. The lowest BCUT2D eigenvalue weighted by atomic mass is 10.1. The largest absolute Gasteiger partial charge is 0.271 e. The van der Waals surface area contributed by atoms with Gasteiger partial charge >= 0.3 is 0 Å². The monoisotopic (exact) mass is 385 g/mol. The van der Waals surface area contributed by atoms with Crippen molar-refractivity contribution in [1.82, 2.24) is 9.73 Å². The van der Waals surface area contributed by atoms with E-state index in [0.717, 1.165) is 24.8 Å². The SMILES string of the molecule is CCc1ccc(/C=N/NC(=O)c2cccc(S(=O)(=O)N3CCCC3)c2)cc1. The minimum atomic E-state index is -3.55. The van der Waals surface area contributed by atoms with Crippen molar-refractivity contribution >= 4 is 22.1 Å². The highest BCUT2D eigenvalue weighted by molar-refractivity contribution is 7.89. The van der Waals surface area contributed by atoms with E-state index in [1.807, 2.05) is 24.3 Å². The molecule has 2 aromatic rings. The van der Waals surface area contributed by atoms with Gasteiger partial charge in [-0.15, -0.1) is 0 Å². The van der Waals surface area contributed by atoms with Gasteiger partial charge in [-0.1, -0.05) is 37.3 Å². The number of rotatable bonds is 6. The fraction of sp³-hybridized carbons (Fsp3) is 0.300. The van der Waals surface area contributed by atoms with E-state index in [0.29, 0.717) is 13.1 Å². The summed E-state index contributed by atoms with van der Waals surface area (Å²) in [7, 11) is -3.55. The van der Waals surface area contributed by atoms with Gasteiger partial charge in [0.05, 0.1) is 11.1 Å². The van der Waals surface area contributed by atoms with Gasteiger partial charge in [-0.3, -0.25) is 4.79 Å². The summed E-state index contributed by atoms with van der Waals surface area (Å²) in [6.45, 7) is 3.14. The maximum atomic E-state index is 12.6. The first-order chi connectivity index (χ1) is 13.0. The van der Waals surface area contributed by atoms with Crippen molar-refractivity contribution in [3.63, 3.8) is 0 Å². The van der Waals surface area contributed by atoms with Gasteiger partial charge in [0, 0.05) is 18.7 Å². The number of benzene rings is 2. The summed E-state index contributed by atoms with van der Waals surface area (Å²) in [5.41, 5.74) is 4.81. The van der Waals surface area contributed by atoms with E-state index in [-0.39, 0.29) is 10.5 Å². The molecule has 1 saturated heterocycles. The van der Waals surface area contributed by atoms with Crippen molar-refractivity contribution in [2.45, 2.75) is 31.1 Å². The summed E-state index contributed by atoms with van der Waals surface area (Å²) in [4.78, 5) is 12.4. The minimum Gasteiger partial charge on any atom is -0.267 e. The molecule has 0 aromatic heterocycles. The van der Waals surface area contributed by atoms with Crippen LogP contribution in [0.3, 0.4) is 0 Å². The number of carbonyl (C=O) groups is 1. The van der Waals surface area contributed by atoms with Crippen molar-refractivity contribution in [1.29, 1.82) is 0 Å². The van der Waals surface area contributed by atoms with Crippen molar-refractivity contribution in [2.24, 2.45) is 5.10 Å². The fourth-order valence-corrected chi connectivity index (χ4v) is 4.51. The average Bonchev–Trinajstić information content (AvgIpc) is 3.24. The zero-order valence-corrected chi connectivity index (χ0v) is 16.1. The first-order valence-electron chi connectivity index (χ1n) is 9.03. The van der Waals surface area contributed by atoms with Crippen molar-refractivity contribution in [2.75, 3.05) is 13.1 Å². The molecule has 0 aliphatic carbocycles. The molecule has 1 amide bonds. The number of aryl methyl sites for hydroxylation is 1. The Morgan fingerprint density at radius 1 is 1.15 bits per heavy atom. The topological polar surface area (TPSA) is 78.8 Å². The maximum absolute atomic E-state index is 12.6. The van der Waals surface area contributed by atoms with Crippen LogP contribution in [0.2, 0.25) is 0 Å². The van der Waals surface area contributed by atoms with Crippen LogP contribution in [0, 0.1) is 0 Å². The van der Waals surface area contributed by atoms with E-state index in [4.69, 9.17) is 0 Å². The third-order valence-corrected chi connectivity index (χ3v) is 6.46. The van der Waals surface area contributed by atoms with E-state index in [1.54, 1.807) is 18.3 Å². The van der Waals surface area contributed by atoms with Gasteiger partial charge in [0.25, 0.3) is 5.91 Å². The van der Waals surface area contributed by atoms with Crippen LogP contribution in [0.25, 0.3) is 0 Å². The smallest absolute Gasteiger partial charge is 0.267 e. The van der Waals surface area contributed by atoms with Crippen LogP contribution in [0.4, 0.5) is 0 Å². The molecule has 0 unspecified atom stereocenters. The summed E-state index contributed by atoms with van der Waals surface area (Å²) in [5, 5.41) is 3.96. The number of hydrogen-bond donors (Lipinski definition) is 1. The molecule has 0 atom stereocenters. The molecule has 1 aliphatic heterocycles. The molecule has 6 nitrogen and oxygen atoms in total. The average molecular weight is 385 g/mol. The number of carbonyl (C=O) groups excluding carboxylic acids is 1. The van der Waals surface area contributed by atoms with Crippen LogP contribution in [0.5, 0.6) is 0 Å². The Kier molecular flexibility index (Phi) is 6.03. The quantitative estimate of drug-likeness (QED) is 0.613. The predicted octanol–water partition coefficient (Wildman–Crippen LogP) is 2.80. The lowest BCUT2D eigenvalue weighted by Crippen LogP contribution is -2.28. The molecule has 2 aromatic carbocycles. The zero-order chi connectivity index (χ0) is 19.3. The van der Waals surface area contributed by atoms with Gasteiger partial charge < -0.3 is 0 Å². The minimum absolute atomic E-state index is 0.135. The number of sulfonamides is 1. The summed E-state index contributed by atoms with van der Waals surface area (Å²) in [6, 6.07) is 13.9. The van der Waals surface area contributed by atoms with E-state index >= 15 is 0 Å². The molecular formula is C20H23N3O3S. The Balaban J connectivity index is 1.68. The van der Waals surface area contributed by atoms with Crippen molar-refractivity contribution in [3.8, 4) is 0 Å². The van der Waals surface area contributed by atoms with Crippen LogP contribution in [0.15, 0.2) is 58.5 Å². The Labute approximate surface area is 159 Å². The van der Waals surface area contributed by atoms with Gasteiger partial charge in [0.1, 0.15) is 0 Å². The van der Waals surface area contributed by atoms with Gasteiger partial charge in [-0.2, -0.15) is 9.41 Å². The van der Waals surface area contributed by atoms with Crippen LogP contribution in [0.1, 0.15) is 41.3 Å². The van der Waals surface area contributed by atoms with Gasteiger partial charge in [-0.25, -0.2) is 13.8 Å². The predicted molar refractivity (Wildman–Crippen MR) is 105 cm³/mol. The second kappa shape index (κ2) is 8.45. The van der Waals surface area contributed by atoms with Crippen LogP contribution in [-0.4, -0.2) is 37.9 Å². The Morgan fingerprint density at radius 2 is 1.85 bits per heavy atom. The second-order valence-corrected chi connectivity index (χ2v) is 8.37. The molecular weight excluding hydrogens is 362 g/mol. The number of hydrogen-bond acceptors (Lipinski definition) is 4. The van der Waals surface area contributed by atoms with Crippen LogP contribution in [-0.2, 0) is 16.4 Å². The first-order valence-corrected chi connectivity index (χ1v) is 10.5. The fourth-order valence-electron chi connectivity index (χ4n) is 2.94. The van der Waals surface area contributed by atoms with E-state index in [9.17, 15) is 13.2 Å². The molecule has 142 valence electrons. The molecule has 1 aliphatic rings. The summed E-state index contributed by atoms with van der Waals surface area (Å²) < 4.78 is 26.7. The number of hydrazone groups is 1. The third kappa shape index (κ3) is 4.61. The van der Waals surface area contributed by atoms with Crippen molar-refractivity contribution in [3.05, 3.63) is 65.2 Å². The highest BCUT2D eigenvalue weighted by Gasteiger charge is 2.27. The number of amides is 1. The molecule has 1 fully saturated rings. The molecule has 0 spiro atoms. The number of nitrogens with one attached hydrogen (secondary N) is 1. The van der Waals surface area contributed by atoms with Crippen LogP contribution >= 0.6 is 0 Å². The molecule has 1 N–H and O–H groups in total. The van der Waals surface area contributed by atoms with E-state index in [2.05, 4.69) is 17.5 Å². The van der Waals surface area contributed by atoms with Crippen molar-refractivity contribution < 1.29 is 13.2 Å². The molecule has 0 bridgehead atoms. The molecule has 7 heteroatoms. The van der Waals surface area contributed by atoms with E-state index in [1.165, 1.54) is 22.0 Å². The van der Waals surface area contributed by atoms with Crippen LogP contribution < -0.4 is 5.43 Å². The molecule has 27 heavy (non-hydrogen) atoms. The maximum Gasteiger partial charge on any atom is 0.271 e. The Hall–Kier alpha value is -2.51. The summed E-state index contributed by atoms with van der Waals surface area (Å²) in [5.74, 6) is -0.449. The Bertz CT molecular complexity index is 931. The lowest BCUT2D eigenvalue weighted by Gasteiger charge is -2.15. The molecule has 0 radical (unpaired) electrons. The molecule has 1 heterocycles. The molecule has 0 saturated carbocycles. The van der Waals surface area contributed by atoms with E-state index < -0.39 is 15.9 Å². The zero-order valence-electron chi connectivity index (χ0n) is 15.3. The van der Waals surface area contributed by atoms with Gasteiger partial charge in [0.15, 0.2) is 0 Å². The highest BCUT2D eigenvalue weighted by atomic mass is 32.2.